The summed E-state index contributed by atoms with van der Waals surface area (Å²) in [6, 6.07) is -0.121. The molecule has 0 aromatic heterocycles. The van der Waals surface area contributed by atoms with Gasteiger partial charge in [-0.1, -0.05) is 6.42 Å². The summed E-state index contributed by atoms with van der Waals surface area (Å²) in [6.45, 7) is 6.86. The fourth-order valence-electron chi connectivity index (χ4n) is 3.28. The molecule has 0 aromatic carbocycles. The summed E-state index contributed by atoms with van der Waals surface area (Å²) in [7, 11) is 0. The van der Waals surface area contributed by atoms with E-state index in [-0.39, 0.29) is 11.9 Å². The molecule has 120 valence electrons. The second-order valence-electron chi connectivity index (χ2n) is 6.17. The Morgan fingerprint density at radius 2 is 1.90 bits per heavy atom. The van der Waals surface area contributed by atoms with Crippen LogP contribution in [0.3, 0.4) is 0 Å². The molecule has 2 rings (SSSR count). The average Bonchev–Trinajstić information content (AvgIpc) is 2.60. The van der Waals surface area contributed by atoms with Crippen LogP contribution in [0.15, 0.2) is 0 Å². The van der Waals surface area contributed by atoms with Crippen molar-refractivity contribution in [2.24, 2.45) is 0 Å². The lowest BCUT2D eigenvalue weighted by atomic mass is 10.1. The lowest BCUT2D eigenvalue weighted by molar-refractivity contribution is -0.130. The van der Waals surface area contributed by atoms with Gasteiger partial charge in [-0.05, 0) is 45.8 Å². The first-order valence-electron chi connectivity index (χ1n) is 8.07. The van der Waals surface area contributed by atoms with E-state index in [2.05, 4.69) is 4.90 Å². The summed E-state index contributed by atoms with van der Waals surface area (Å²) >= 11 is 0. The maximum Gasteiger partial charge on any atom is 0.407 e. The lowest BCUT2D eigenvalue weighted by Crippen LogP contribution is -2.43. The minimum Gasteiger partial charge on any atom is -0.465 e. The maximum absolute atomic E-state index is 12.1. The molecule has 0 bridgehead atoms. The number of hydrogen-bond donors (Lipinski definition) is 1. The number of carbonyl (C=O) groups excluding carboxylic acids is 1. The zero-order valence-corrected chi connectivity index (χ0v) is 13.0. The molecular formula is C15H27N3O3. The number of likely N-dealkylation sites (tertiary alicyclic amines) is 1. The summed E-state index contributed by atoms with van der Waals surface area (Å²) in [5, 5.41) is 9.14. The Kier molecular flexibility index (Phi) is 5.85. The number of amides is 2. The Morgan fingerprint density at radius 3 is 2.57 bits per heavy atom. The molecular weight excluding hydrogens is 270 g/mol. The van der Waals surface area contributed by atoms with Crippen molar-refractivity contribution in [1.82, 2.24) is 14.7 Å². The van der Waals surface area contributed by atoms with E-state index in [4.69, 9.17) is 5.11 Å². The molecule has 6 nitrogen and oxygen atoms in total. The van der Waals surface area contributed by atoms with Crippen molar-refractivity contribution in [3.8, 4) is 0 Å². The molecule has 0 aliphatic carbocycles. The predicted molar refractivity (Wildman–Crippen MR) is 80.3 cm³/mol. The minimum atomic E-state index is -0.925. The molecule has 2 heterocycles. The number of piperidine rings is 1. The third-order valence-corrected chi connectivity index (χ3v) is 4.53. The van der Waals surface area contributed by atoms with Crippen LogP contribution >= 0.6 is 0 Å². The van der Waals surface area contributed by atoms with Crippen molar-refractivity contribution < 1.29 is 14.7 Å². The van der Waals surface area contributed by atoms with Gasteiger partial charge in [-0.2, -0.15) is 0 Å². The zero-order valence-electron chi connectivity index (χ0n) is 13.0. The Hall–Kier alpha value is -1.30. The molecule has 0 saturated carbocycles. The van der Waals surface area contributed by atoms with Crippen molar-refractivity contribution in [3.05, 3.63) is 0 Å². The topological polar surface area (TPSA) is 64.1 Å². The van der Waals surface area contributed by atoms with Crippen LogP contribution in [0, 0.1) is 0 Å². The summed E-state index contributed by atoms with van der Waals surface area (Å²) in [6.07, 6.45) is 4.27. The molecule has 0 spiro atoms. The first-order valence-corrected chi connectivity index (χ1v) is 8.07. The van der Waals surface area contributed by atoms with E-state index in [1.54, 1.807) is 0 Å². The summed E-state index contributed by atoms with van der Waals surface area (Å²) in [4.78, 5) is 28.9. The highest BCUT2D eigenvalue weighted by Crippen LogP contribution is 2.13. The molecule has 2 aliphatic heterocycles. The third-order valence-electron chi connectivity index (χ3n) is 4.53. The second-order valence-corrected chi connectivity index (χ2v) is 6.17. The van der Waals surface area contributed by atoms with Crippen molar-refractivity contribution in [2.75, 3.05) is 39.3 Å². The Morgan fingerprint density at radius 1 is 1.19 bits per heavy atom. The van der Waals surface area contributed by atoms with Gasteiger partial charge in [0.1, 0.15) is 0 Å². The lowest BCUT2D eigenvalue weighted by Gasteiger charge is -2.29. The smallest absolute Gasteiger partial charge is 0.407 e. The number of carboxylic acid groups (broad SMARTS) is 1. The molecule has 0 radical (unpaired) electrons. The van der Waals surface area contributed by atoms with Crippen LogP contribution in [-0.2, 0) is 4.79 Å². The average molecular weight is 297 g/mol. The highest BCUT2D eigenvalue weighted by molar-refractivity contribution is 5.78. The van der Waals surface area contributed by atoms with Crippen LogP contribution in [0.4, 0.5) is 4.79 Å². The number of hydrogen-bond acceptors (Lipinski definition) is 3. The van der Waals surface area contributed by atoms with Gasteiger partial charge in [-0.3, -0.25) is 4.79 Å². The van der Waals surface area contributed by atoms with Gasteiger partial charge >= 0.3 is 6.09 Å². The van der Waals surface area contributed by atoms with E-state index >= 15 is 0 Å². The van der Waals surface area contributed by atoms with Crippen LogP contribution < -0.4 is 0 Å². The van der Waals surface area contributed by atoms with E-state index in [0.717, 1.165) is 19.5 Å². The highest BCUT2D eigenvalue weighted by atomic mass is 16.4. The van der Waals surface area contributed by atoms with E-state index in [0.29, 0.717) is 19.5 Å². The summed E-state index contributed by atoms with van der Waals surface area (Å²) in [5.41, 5.74) is 0. The van der Waals surface area contributed by atoms with Crippen LogP contribution in [0.2, 0.25) is 0 Å². The van der Waals surface area contributed by atoms with E-state index in [1.807, 2.05) is 11.8 Å². The van der Waals surface area contributed by atoms with E-state index in [9.17, 15) is 9.59 Å². The van der Waals surface area contributed by atoms with Crippen LogP contribution in [0.25, 0.3) is 0 Å². The highest BCUT2D eigenvalue weighted by Gasteiger charge is 2.28. The SMILES string of the molecule is CC1CN(CCCN2CCCCC2)C(=O)CCN1C(=O)O. The summed E-state index contributed by atoms with van der Waals surface area (Å²) in [5.74, 6) is 0.0873. The number of nitrogens with zero attached hydrogens (tertiary/aromatic N) is 3. The van der Waals surface area contributed by atoms with E-state index in [1.165, 1.54) is 37.3 Å². The van der Waals surface area contributed by atoms with Gasteiger partial charge in [-0.15, -0.1) is 0 Å². The number of carbonyl (C=O) groups is 2. The molecule has 1 N–H and O–H groups in total. The molecule has 2 saturated heterocycles. The van der Waals surface area contributed by atoms with Crippen LogP contribution in [0.5, 0.6) is 0 Å². The largest absolute Gasteiger partial charge is 0.465 e. The van der Waals surface area contributed by atoms with Crippen molar-refractivity contribution in [1.29, 1.82) is 0 Å². The summed E-state index contributed by atoms with van der Waals surface area (Å²) < 4.78 is 0. The first kappa shape index (κ1) is 16.1. The fourth-order valence-corrected chi connectivity index (χ4v) is 3.28. The van der Waals surface area contributed by atoms with Crippen molar-refractivity contribution in [2.45, 2.75) is 45.1 Å². The van der Waals surface area contributed by atoms with Gasteiger partial charge in [0.05, 0.1) is 0 Å². The Labute approximate surface area is 126 Å². The molecule has 0 aromatic rings. The zero-order chi connectivity index (χ0) is 15.2. The number of rotatable bonds is 4. The van der Waals surface area contributed by atoms with Gasteiger partial charge in [0.2, 0.25) is 5.91 Å². The quantitative estimate of drug-likeness (QED) is 0.853. The van der Waals surface area contributed by atoms with Crippen molar-refractivity contribution >= 4 is 12.0 Å². The Balaban J connectivity index is 1.78. The molecule has 1 unspecified atom stereocenters. The second kappa shape index (κ2) is 7.64. The third kappa shape index (κ3) is 4.59. The molecule has 2 aliphatic rings. The van der Waals surface area contributed by atoms with Crippen LogP contribution in [0.1, 0.15) is 39.0 Å². The Bertz CT molecular complexity index is 369. The first-order chi connectivity index (χ1) is 10.1. The van der Waals surface area contributed by atoms with Gasteiger partial charge in [0, 0.05) is 32.1 Å². The molecule has 6 heteroatoms. The van der Waals surface area contributed by atoms with Crippen LogP contribution in [-0.4, -0.2) is 77.1 Å². The molecule has 21 heavy (non-hydrogen) atoms. The predicted octanol–water partition coefficient (Wildman–Crippen LogP) is 1.46. The van der Waals surface area contributed by atoms with Gasteiger partial charge in [0.15, 0.2) is 0 Å². The molecule has 2 amide bonds. The van der Waals surface area contributed by atoms with Gasteiger partial charge < -0.3 is 19.8 Å². The standard InChI is InChI=1S/C15H27N3O3/c1-13-12-17(14(19)6-11-18(13)15(20)21)10-5-9-16-7-3-2-4-8-16/h13H,2-12H2,1H3,(H,20,21). The fraction of sp³-hybridized carbons (Fsp3) is 0.867. The van der Waals surface area contributed by atoms with Gasteiger partial charge in [-0.25, -0.2) is 4.79 Å². The molecule has 2 fully saturated rings. The van der Waals surface area contributed by atoms with E-state index < -0.39 is 6.09 Å². The maximum atomic E-state index is 12.1. The minimum absolute atomic E-state index is 0.0873. The van der Waals surface area contributed by atoms with Gasteiger partial charge in [0.25, 0.3) is 0 Å². The normalized spacial score (nSPS) is 25.0. The van der Waals surface area contributed by atoms with Crippen molar-refractivity contribution in [3.63, 3.8) is 0 Å². The molecule has 1 atom stereocenters. The monoisotopic (exact) mass is 297 g/mol.